The van der Waals surface area contributed by atoms with Crippen molar-refractivity contribution in [1.29, 1.82) is 0 Å². The van der Waals surface area contributed by atoms with Gasteiger partial charge in [-0.2, -0.15) is 0 Å². The van der Waals surface area contributed by atoms with Crippen LogP contribution >= 0.6 is 0 Å². The van der Waals surface area contributed by atoms with Crippen molar-refractivity contribution in [2.45, 2.75) is 79.1 Å². The summed E-state index contributed by atoms with van der Waals surface area (Å²) in [5.74, 6) is 1.89. The van der Waals surface area contributed by atoms with Crippen molar-refractivity contribution in [3.8, 4) is 0 Å². The molecule has 0 aromatic heterocycles. The van der Waals surface area contributed by atoms with Gasteiger partial charge in [-0.25, -0.2) is 0 Å². The number of hydrogen-bond acceptors (Lipinski definition) is 2. The second-order valence-corrected chi connectivity index (χ2v) is 14.3. The zero-order valence-corrected chi connectivity index (χ0v) is 29.9. The Morgan fingerprint density at radius 1 is 0.333 bits per heavy atom. The average Bonchev–Trinajstić information content (AvgIpc) is 3.09. The number of nitrogens with zero attached hydrogens (tertiary/aromatic N) is 2. The maximum atomic E-state index is 2.43. The van der Waals surface area contributed by atoms with Crippen molar-refractivity contribution >= 4 is 44.9 Å². The molecule has 0 heterocycles. The molecule has 0 saturated carbocycles. The maximum Gasteiger partial charge on any atom is 0.0560 e. The fraction of sp³-hybridized carbons (Fsp3) is 0.261. The molecule has 0 amide bonds. The van der Waals surface area contributed by atoms with Gasteiger partial charge in [0.2, 0.25) is 0 Å². The van der Waals surface area contributed by atoms with Crippen LogP contribution in [0.3, 0.4) is 0 Å². The third kappa shape index (κ3) is 6.90. The first-order chi connectivity index (χ1) is 23.1. The van der Waals surface area contributed by atoms with Gasteiger partial charge in [0.05, 0.1) is 5.69 Å². The van der Waals surface area contributed by atoms with Crippen molar-refractivity contribution in [3.05, 3.63) is 156 Å². The molecule has 0 radical (unpaired) electrons. The van der Waals surface area contributed by atoms with Crippen LogP contribution in [0, 0.1) is 0 Å². The second-order valence-electron chi connectivity index (χ2n) is 14.3. The van der Waals surface area contributed by atoms with Crippen LogP contribution in [0.2, 0.25) is 0 Å². The van der Waals surface area contributed by atoms with Crippen molar-refractivity contribution in [1.82, 2.24) is 0 Å². The first-order valence-electron chi connectivity index (χ1n) is 17.6. The molecule has 0 saturated heterocycles. The molecule has 6 rings (SSSR count). The lowest BCUT2D eigenvalue weighted by molar-refractivity contribution is 0.866. The highest BCUT2D eigenvalue weighted by atomic mass is 15.2. The number of fused-ring (bicyclic) bond motifs is 1. The highest BCUT2D eigenvalue weighted by molar-refractivity contribution is 6.02. The first kappa shape index (κ1) is 33.1. The minimum Gasteiger partial charge on any atom is -0.310 e. The van der Waals surface area contributed by atoms with Crippen molar-refractivity contribution in [2.24, 2.45) is 0 Å². The number of benzene rings is 6. The number of rotatable bonds is 10. The Labute approximate surface area is 288 Å². The van der Waals surface area contributed by atoms with E-state index in [4.69, 9.17) is 0 Å². The average molecular weight is 631 g/mol. The SMILES string of the molecule is CC(C)c1ccc(N(c2ccc(C(C)C)cc2)c2cc(N(c3ccc(C(C)C)cc3)c3ccc(C(C)C)cc3)c3ccccc3c2)cc1. The van der Waals surface area contributed by atoms with Crippen LogP contribution in [0.4, 0.5) is 34.1 Å². The van der Waals surface area contributed by atoms with Gasteiger partial charge in [-0.15, -0.1) is 0 Å². The van der Waals surface area contributed by atoms with Crippen molar-refractivity contribution in [3.63, 3.8) is 0 Å². The summed E-state index contributed by atoms with van der Waals surface area (Å²) in [7, 11) is 0. The largest absolute Gasteiger partial charge is 0.310 e. The van der Waals surface area contributed by atoms with Gasteiger partial charge in [-0.05, 0) is 112 Å². The van der Waals surface area contributed by atoms with Gasteiger partial charge in [0.25, 0.3) is 0 Å². The van der Waals surface area contributed by atoms with Crippen LogP contribution in [0.25, 0.3) is 10.8 Å². The molecule has 48 heavy (non-hydrogen) atoms. The number of anilines is 6. The zero-order valence-electron chi connectivity index (χ0n) is 29.9. The van der Waals surface area contributed by atoms with Crippen LogP contribution in [-0.2, 0) is 0 Å². The monoisotopic (exact) mass is 630 g/mol. The smallest absolute Gasteiger partial charge is 0.0560 e. The van der Waals surface area contributed by atoms with Gasteiger partial charge in [-0.3, -0.25) is 0 Å². The standard InChI is InChI=1S/C46H50N2/c1-31(2)35-13-21-40(22-14-35)47(41-23-15-36(16-24-41)32(3)4)44-29-39-11-9-10-12-45(39)46(30-44)48(42-25-17-37(18-26-42)33(5)6)43-27-19-38(20-28-43)34(7)8/h9-34H,1-8H3. The fourth-order valence-corrected chi connectivity index (χ4v) is 6.50. The lowest BCUT2D eigenvalue weighted by Gasteiger charge is -2.31. The molecular weight excluding hydrogens is 581 g/mol. The van der Waals surface area contributed by atoms with E-state index in [9.17, 15) is 0 Å². The molecule has 6 aromatic carbocycles. The van der Waals surface area contributed by atoms with E-state index in [1.807, 2.05) is 0 Å². The molecule has 0 bridgehead atoms. The summed E-state index contributed by atoms with van der Waals surface area (Å²) in [6, 6.07) is 49.9. The van der Waals surface area contributed by atoms with Gasteiger partial charge in [0.1, 0.15) is 0 Å². The first-order valence-corrected chi connectivity index (χ1v) is 17.6. The van der Waals surface area contributed by atoms with Gasteiger partial charge in [0, 0.05) is 33.8 Å². The highest BCUT2D eigenvalue weighted by Gasteiger charge is 2.21. The predicted molar refractivity (Wildman–Crippen MR) is 210 cm³/mol. The van der Waals surface area contributed by atoms with Crippen LogP contribution in [0.5, 0.6) is 0 Å². The van der Waals surface area contributed by atoms with Crippen molar-refractivity contribution in [2.75, 3.05) is 9.80 Å². The van der Waals surface area contributed by atoms with Gasteiger partial charge < -0.3 is 9.80 Å². The summed E-state index contributed by atoms with van der Waals surface area (Å²) in [4.78, 5) is 4.84. The van der Waals surface area contributed by atoms with Crippen LogP contribution in [0.15, 0.2) is 133 Å². The zero-order chi connectivity index (χ0) is 33.9. The minimum atomic E-state index is 0.472. The summed E-state index contributed by atoms with van der Waals surface area (Å²) in [6.07, 6.45) is 0. The molecule has 0 aliphatic carbocycles. The molecule has 0 unspecified atom stereocenters. The molecule has 0 aliphatic heterocycles. The van der Waals surface area contributed by atoms with E-state index in [-0.39, 0.29) is 0 Å². The summed E-state index contributed by atoms with van der Waals surface area (Å²) in [6.45, 7) is 18.0. The number of hydrogen-bond donors (Lipinski definition) is 0. The van der Waals surface area contributed by atoms with Crippen LogP contribution < -0.4 is 9.80 Å². The molecule has 2 heteroatoms. The van der Waals surface area contributed by atoms with E-state index < -0.39 is 0 Å². The summed E-state index contributed by atoms with van der Waals surface area (Å²) < 4.78 is 0. The topological polar surface area (TPSA) is 6.48 Å². The van der Waals surface area contributed by atoms with E-state index in [0.29, 0.717) is 23.7 Å². The Kier molecular flexibility index (Phi) is 9.73. The summed E-state index contributed by atoms with van der Waals surface area (Å²) in [5.41, 5.74) is 12.2. The Morgan fingerprint density at radius 2 is 0.667 bits per heavy atom. The quantitative estimate of drug-likeness (QED) is 0.149. The van der Waals surface area contributed by atoms with Crippen molar-refractivity contribution < 1.29 is 0 Å². The molecule has 0 fully saturated rings. The Hall–Kier alpha value is -4.82. The van der Waals surface area contributed by atoms with Crippen LogP contribution in [0.1, 0.15) is 101 Å². The molecule has 0 N–H and O–H groups in total. The Morgan fingerprint density at radius 3 is 1.02 bits per heavy atom. The van der Waals surface area contributed by atoms with E-state index >= 15 is 0 Å². The molecular formula is C46H50N2. The summed E-state index contributed by atoms with van der Waals surface area (Å²) >= 11 is 0. The minimum absolute atomic E-state index is 0.472. The lowest BCUT2D eigenvalue weighted by atomic mass is 9.99. The van der Waals surface area contributed by atoms with Crippen LogP contribution in [-0.4, -0.2) is 0 Å². The third-order valence-corrected chi connectivity index (χ3v) is 9.60. The van der Waals surface area contributed by atoms with Gasteiger partial charge in [-0.1, -0.05) is 128 Å². The van der Waals surface area contributed by atoms with Gasteiger partial charge >= 0.3 is 0 Å². The van der Waals surface area contributed by atoms with E-state index in [2.05, 4.69) is 199 Å². The molecule has 0 atom stereocenters. The summed E-state index contributed by atoms with van der Waals surface area (Å²) in [5, 5.41) is 2.42. The molecule has 2 nitrogen and oxygen atoms in total. The molecule has 6 aromatic rings. The molecule has 244 valence electrons. The second kappa shape index (κ2) is 14.1. The highest BCUT2D eigenvalue weighted by Crippen LogP contribution is 2.45. The van der Waals surface area contributed by atoms with E-state index in [1.165, 1.54) is 33.0 Å². The molecule has 0 aliphatic rings. The molecule has 0 spiro atoms. The maximum absolute atomic E-state index is 2.43. The van der Waals surface area contributed by atoms with Gasteiger partial charge in [0.15, 0.2) is 0 Å². The predicted octanol–water partition coefficient (Wildman–Crippen LogP) is 14.3. The Bertz CT molecular complexity index is 1840. The Balaban J connectivity index is 1.59. The lowest BCUT2D eigenvalue weighted by Crippen LogP contribution is -2.14. The van der Waals surface area contributed by atoms with E-state index in [1.54, 1.807) is 0 Å². The van der Waals surface area contributed by atoms with E-state index in [0.717, 1.165) is 34.1 Å². The third-order valence-electron chi connectivity index (χ3n) is 9.60. The normalized spacial score (nSPS) is 11.7. The fourth-order valence-electron chi connectivity index (χ4n) is 6.50.